The van der Waals surface area contributed by atoms with E-state index in [-0.39, 0.29) is 29.2 Å². The number of rotatable bonds is 4. The van der Waals surface area contributed by atoms with Crippen LogP contribution < -0.4 is 0 Å². The normalized spacial score (nSPS) is 24.8. The summed E-state index contributed by atoms with van der Waals surface area (Å²) in [7, 11) is 0. The first-order chi connectivity index (χ1) is 13.5. The maximum atomic E-state index is 13.0. The highest BCUT2D eigenvalue weighted by molar-refractivity contribution is 5.79. The van der Waals surface area contributed by atoms with Crippen LogP contribution in [0.1, 0.15) is 44.1 Å². The molecule has 1 aromatic carbocycles. The van der Waals surface area contributed by atoms with E-state index in [9.17, 15) is 14.0 Å². The number of hydrogen-bond acceptors (Lipinski definition) is 3. The predicted molar refractivity (Wildman–Crippen MR) is 103 cm³/mol. The summed E-state index contributed by atoms with van der Waals surface area (Å²) < 4.78 is 18.8. The van der Waals surface area contributed by atoms with Gasteiger partial charge in [-0.3, -0.25) is 9.59 Å². The summed E-state index contributed by atoms with van der Waals surface area (Å²) in [5.74, 6) is 0.0658. The average Bonchev–Trinajstić information content (AvgIpc) is 3.20. The molecule has 3 fully saturated rings. The van der Waals surface area contributed by atoms with Gasteiger partial charge < -0.3 is 14.5 Å². The first kappa shape index (κ1) is 19.4. The second kappa shape index (κ2) is 8.19. The molecule has 6 heteroatoms. The van der Waals surface area contributed by atoms with Crippen LogP contribution in [0.15, 0.2) is 24.3 Å². The number of benzene rings is 1. The fourth-order valence-corrected chi connectivity index (χ4v) is 4.83. The number of piperidine rings is 2. The van der Waals surface area contributed by atoms with Crippen LogP contribution in [0.25, 0.3) is 0 Å². The number of amides is 2. The number of ether oxygens (including phenoxy) is 1. The molecule has 4 rings (SSSR count). The van der Waals surface area contributed by atoms with Crippen molar-refractivity contribution in [2.24, 2.45) is 5.41 Å². The van der Waals surface area contributed by atoms with E-state index in [1.807, 2.05) is 9.80 Å². The van der Waals surface area contributed by atoms with E-state index < -0.39 is 0 Å². The zero-order chi connectivity index (χ0) is 19.6. The molecule has 152 valence electrons. The molecule has 1 spiro atoms. The monoisotopic (exact) mass is 388 g/mol. The Kier molecular flexibility index (Phi) is 5.67. The van der Waals surface area contributed by atoms with Crippen LogP contribution in [0.5, 0.6) is 0 Å². The van der Waals surface area contributed by atoms with Crippen LogP contribution in [0, 0.1) is 11.2 Å². The lowest BCUT2D eigenvalue weighted by Crippen LogP contribution is -2.53. The Labute approximate surface area is 165 Å². The van der Waals surface area contributed by atoms with Crippen molar-refractivity contribution in [2.75, 3.05) is 32.8 Å². The Hall–Kier alpha value is -1.95. The molecule has 0 aliphatic carbocycles. The van der Waals surface area contributed by atoms with Crippen molar-refractivity contribution in [2.45, 2.75) is 51.0 Å². The minimum absolute atomic E-state index is 0.101. The first-order valence-electron chi connectivity index (χ1n) is 10.4. The van der Waals surface area contributed by atoms with Gasteiger partial charge in [-0.15, -0.1) is 0 Å². The Morgan fingerprint density at radius 1 is 1.18 bits per heavy atom. The van der Waals surface area contributed by atoms with E-state index >= 15 is 0 Å². The van der Waals surface area contributed by atoms with Crippen LogP contribution in [0.4, 0.5) is 4.39 Å². The summed E-state index contributed by atoms with van der Waals surface area (Å²) in [6.45, 7) is 3.80. The van der Waals surface area contributed by atoms with Crippen molar-refractivity contribution in [3.05, 3.63) is 35.6 Å². The molecule has 0 aromatic heterocycles. The summed E-state index contributed by atoms with van der Waals surface area (Å²) in [5.41, 5.74) is 0.983. The molecule has 28 heavy (non-hydrogen) atoms. The lowest BCUT2D eigenvalue weighted by atomic mass is 9.72. The highest BCUT2D eigenvalue weighted by atomic mass is 19.1. The van der Waals surface area contributed by atoms with Gasteiger partial charge >= 0.3 is 0 Å². The van der Waals surface area contributed by atoms with Crippen molar-refractivity contribution in [3.63, 3.8) is 0 Å². The van der Waals surface area contributed by atoms with Crippen LogP contribution >= 0.6 is 0 Å². The molecule has 3 aliphatic rings. The van der Waals surface area contributed by atoms with Gasteiger partial charge in [0.15, 0.2) is 0 Å². The van der Waals surface area contributed by atoms with Gasteiger partial charge in [0.1, 0.15) is 5.82 Å². The quantitative estimate of drug-likeness (QED) is 0.797. The summed E-state index contributed by atoms with van der Waals surface area (Å²) in [6.07, 6.45) is 6.05. The SMILES string of the molecule is O=C(Cc1ccc(F)cc1)N1CCC2(CCC(=O)N(C[C@H]3CCCO3)C2)CC1. The molecule has 1 atom stereocenters. The van der Waals surface area contributed by atoms with Gasteiger partial charge in [0.2, 0.25) is 11.8 Å². The van der Waals surface area contributed by atoms with Gasteiger partial charge in [0.05, 0.1) is 12.5 Å². The maximum absolute atomic E-state index is 13.0. The molecule has 0 unspecified atom stereocenters. The maximum Gasteiger partial charge on any atom is 0.226 e. The second-order valence-corrected chi connectivity index (χ2v) is 8.59. The highest BCUT2D eigenvalue weighted by Gasteiger charge is 2.42. The van der Waals surface area contributed by atoms with E-state index in [2.05, 4.69) is 0 Å². The van der Waals surface area contributed by atoms with E-state index in [0.29, 0.717) is 19.4 Å². The van der Waals surface area contributed by atoms with Crippen LogP contribution in [0.2, 0.25) is 0 Å². The standard InChI is InChI=1S/C22H29FN2O3/c23-18-5-3-17(4-6-18)14-21(27)24-11-9-22(10-12-24)8-7-20(26)25(16-22)15-19-2-1-13-28-19/h3-6,19H,1-2,7-16H2/t19-/m1/s1. The lowest BCUT2D eigenvalue weighted by Gasteiger charge is -2.47. The van der Waals surface area contributed by atoms with Crippen LogP contribution in [-0.2, 0) is 20.7 Å². The fraction of sp³-hybridized carbons (Fsp3) is 0.636. The number of likely N-dealkylation sites (tertiary alicyclic amines) is 2. The molecule has 3 saturated heterocycles. The predicted octanol–water partition coefficient (Wildman–Crippen LogP) is 2.78. The van der Waals surface area contributed by atoms with Gasteiger partial charge in [0, 0.05) is 39.2 Å². The second-order valence-electron chi connectivity index (χ2n) is 8.59. The number of hydrogen-bond donors (Lipinski definition) is 0. The van der Waals surface area contributed by atoms with Gasteiger partial charge in [-0.1, -0.05) is 12.1 Å². The lowest BCUT2D eigenvalue weighted by molar-refractivity contribution is -0.143. The fourth-order valence-electron chi connectivity index (χ4n) is 4.83. The van der Waals surface area contributed by atoms with Crippen molar-refractivity contribution in [3.8, 4) is 0 Å². The molecule has 5 nitrogen and oxygen atoms in total. The number of carbonyl (C=O) groups excluding carboxylic acids is 2. The minimum atomic E-state index is -0.282. The van der Waals surface area contributed by atoms with Crippen molar-refractivity contribution >= 4 is 11.8 Å². The highest BCUT2D eigenvalue weighted by Crippen LogP contribution is 2.40. The van der Waals surface area contributed by atoms with Crippen molar-refractivity contribution in [1.82, 2.24) is 9.80 Å². The molecule has 0 N–H and O–H groups in total. The molecule has 3 heterocycles. The smallest absolute Gasteiger partial charge is 0.226 e. The third-order valence-corrected chi connectivity index (χ3v) is 6.64. The summed E-state index contributed by atoms with van der Waals surface area (Å²) in [4.78, 5) is 28.9. The summed E-state index contributed by atoms with van der Waals surface area (Å²) >= 11 is 0. The van der Waals surface area contributed by atoms with Crippen LogP contribution in [0.3, 0.4) is 0 Å². The number of halogens is 1. The Bertz CT molecular complexity index is 707. The zero-order valence-corrected chi connectivity index (χ0v) is 16.4. The number of carbonyl (C=O) groups is 2. The zero-order valence-electron chi connectivity index (χ0n) is 16.4. The van der Waals surface area contributed by atoms with Gasteiger partial charge in [-0.25, -0.2) is 4.39 Å². The van der Waals surface area contributed by atoms with Gasteiger partial charge in [-0.2, -0.15) is 0 Å². The molecular weight excluding hydrogens is 359 g/mol. The summed E-state index contributed by atoms with van der Waals surface area (Å²) in [6, 6.07) is 6.15. The Morgan fingerprint density at radius 2 is 1.93 bits per heavy atom. The largest absolute Gasteiger partial charge is 0.376 e. The molecule has 0 saturated carbocycles. The van der Waals surface area contributed by atoms with Crippen molar-refractivity contribution in [1.29, 1.82) is 0 Å². The third-order valence-electron chi connectivity index (χ3n) is 6.64. The summed E-state index contributed by atoms with van der Waals surface area (Å²) in [5, 5.41) is 0. The molecule has 0 bridgehead atoms. The van der Waals surface area contributed by atoms with Crippen LogP contribution in [-0.4, -0.2) is 60.5 Å². The first-order valence-corrected chi connectivity index (χ1v) is 10.4. The van der Waals surface area contributed by atoms with E-state index in [4.69, 9.17) is 4.74 Å². The topological polar surface area (TPSA) is 49.9 Å². The van der Waals surface area contributed by atoms with E-state index in [1.54, 1.807) is 12.1 Å². The Morgan fingerprint density at radius 3 is 2.61 bits per heavy atom. The van der Waals surface area contributed by atoms with Crippen molar-refractivity contribution < 1.29 is 18.7 Å². The number of nitrogens with zero attached hydrogens (tertiary/aromatic N) is 2. The molecule has 0 radical (unpaired) electrons. The Balaban J connectivity index is 1.31. The van der Waals surface area contributed by atoms with E-state index in [1.165, 1.54) is 12.1 Å². The molecule has 3 aliphatic heterocycles. The molecule has 1 aromatic rings. The average molecular weight is 388 g/mol. The minimum Gasteiger partial charge on any atom is -0.376 e. The van der Waals surface area contributed by atoms with Gasteiger partial charge in [-0.05, 0) is 55.2 Å². The molecule has 2 amide bonds. The third kappa shape index (κ3) is 4.37. The van der Waals surface area contributed by atoms with Gasteiger partial charge in [0.25, 0.3) is 0 Å². The molecular formula is C22H29FN2O3. The van der Waals surface area contributed by atoms with E-state index in [0.717, 1.165) is 63.9 Å².